The summed E-state index contributed by atoms with van der Waals surface area (Å²) in [4.78, 5) is 44.1. The highest BCUT2D eigenvalue weighted by molar-refractivity contribution is 5.95. The highest BCUT2D eigenvalue weighted by Gasteiger charge is 2.52. The third-order valence-electron chi connectivity index (χ3n) is 7.90. The molecule has 3 aliphatic rings. The summed E-state index contributed by atoms with van der Waals surface area (Å²) in [5.74, 6) is -0.282. The molecule has 2 amide bonds. The van der Waals surface area contributed by atoms with Crippen molar-refractivity contribution in [3.63, 3.8) is 0 Å². The minimum Gasteiger partial charge on any atom is -0.449 e. The van der Waals surface area contributed by atoms with E-state index in [1.165, 1.54) is 0 Å². The van der Waals surface area contributed by atoms with Gasteiger partial charge in [0.1, 0.15) is 0 Å². The van der Waals surface area contributed by atoms with Crippen molar-refractivity contribution in [1.82, 2.24) is 9.80 Å². The zero-order valence-corrected chi connectivity index (χ0v) is 21.9. The van der Waals surface area contributed by atoms with Crippen LogP contribution in [0.4, 0.5) is 10.5 Å². The molecular formula is C29H35N3O5. The number of piperazine rings is 1. The van der Waals surface area contributed by atoms with Gasteiger partial charge in [-0.2, -0.15) is 0 Å². The van der Waals surface area contributed by atoms with Crippen LogP contribution < -0.4 is 4.90 Å². The molecular weight excluding hydrogens is 470 g/mol. The van der Waals surface area contributed by atoms with Crippen molar-refractivity contribution >= 4 is 23.7 Å². The van der Waals surface area contributed by atoms with Crippen molar-refractivity contribution in [3.05, 3.63) is 65.2 Å². The number of hydrogen-bond donors (Lipinski definition) is 0. The van der Waals surface area contributed by atoms with E-state index in [-0.39, 0.29) is 18.0 Å². The molecule has 0 radical (unpaired) electrons. The topological polar surface area (TPSA) is 79.4 Å². The lowest BCUT2D eigenvalue weighted by Crippen LogP contribution is -2.49. The molecule has 0 aliphatic carbocycles. The smallest absolute Gasteiger partial charge is 0.409 e. The van der Waals surface area contributed by atoms with Gasteiger partial charge >= 0.3 is 12.1 Å². The van der Waals surface area contributed by atoms with Crippen LogP contribution in [0.15, 0.2) is 48.5 Å². The molecule has 2 fully saturated rings. The van der Waals surface area contributed by atoms with Gasteiger partial charge in [0.2, 0.25) is 5.91 Å². The lowest BCUT2D eigenvalue weighted by Gasteiger charge is -2.36. The van der Waals surface area contributed by atoms with E-state index in [4.69, 9.17) is 9.47 Å². The number of carbonyl (C=O) groups excluding carboxylic acids is 3. The maximum Gasteiger partial charge on any atom is 0.409 e. The fraction of sp³-hybridized carbons (Fsp3) is 0.483. The Hall–Kier alpha value is -3.55. The average Bonchev–Trinajstić information content (AvgIpc) is 3.47. The lowest BCUT2D eigenvalue weighted by molar-refractivity contribution is -0.136. The number of rotatable bonds is 5. The highest BCUT2D eigenvalue weighted by Crippen LogP contribution is 2.44. The summed E-state index contributed by atoms with van der Waals surface area (Å²) in [6.07, 6.45) is 1.18. The van der Waals surface area contributed by atoms with Crippen LogP contribution in [-0.4, -0.2) is 73.6 Å². The molecule has 5 rings (SSSR count). The Bertz CT molecular complexity index is 1190. The summed E-state index contributed by atoms with van der Waals surface area (Å²) in [5, 5.41) is 0. The average molecular weight is 506 g/mol. The molecule has 2 aromatic carbocycles. The van der Waals surface area contributed by atoms with Gasteiger partial charge in [0.25, 0.3) is 0 Å². The number of likely N-dealkylation sites (tertiary alicyclic amines) is 1. The molecule has 2 saturated heterocycles. The van der Waals surface area contributed by atoms with Crippen molar-refractivity contribution in [2.75, 3.05) is 50.8 Å². The molecule has 1 atom stereocenters. The van der Waals surface area contributed by atoms with Crippen molar-refractivity contribution in [3.8, 4) is 0 Å². The van der Waals surface area contributed by atoms with Crippen LogP contribution >= 0.6 is 0 Å². The third kappa shape index (κ3) is 4.54. The Morgan fingerprint density at radius 1 is 0.973 bits per heavy atom. The predicted octanol–water partition coefficient (Wildman–Crippen LogP) is 3.93. The minimum atomic E-state index is -0.742. The van der Waals surface area contributed by atoms with E-state index in [9.17, 15) is 14.4 Å². The second kappa shape index (κ2) is 9.72. The number of benzene rings is 2. The van der Waals surface area contributed by atoms with E-state index in [1.54, 1.807) is 11.0 Å². The summed E-state index contributed by atoms with van der Waals surface area (Å²) < 4.78 is 11.1. The maximum absolute atomic E-state index is 13.7. The summed E-state index contributed by atoms with van der Waals surface area (Å²) in [6, 6.07) is 15.6. The standard InChI is InChI=1S/C29H35N3O5/c1-4-19-36-27(35)31-17-15-30(16-18-31)22-11-9-21(10-12-22)28(2,3)26(34)32-14-13-29(20-32)24-8-6-5-7-23(24)25(33)37-29/h5-12H,4,13-20H2,1-3H3/t29-/m0/s1. The summed E-state index contributed by atoms with van der Waals surface area (Å²) in [6.45, 7) is 9.97. The minimum absolute atomic E-state index is 0.0248. The Morgan fingerprint density at radius 3 is 2.38 bits per heavy atom. The van der Waals surface area contributed by atoms with Crippen LogP contribution in [0.2, 0.25) is 0 Å². The Labute approximate surface area is 218 Å². The van der Waals surface area contributed by atoms with Gasteiger partial charge in [-0.15, -0.1) is 0 Å². The molecule has 1 spiro atoms. The number of nitrogens with zero attached hydrogens (tertiary/aromatic N) is 3. The van der Waals surface area contributed by atoms with Gasteiger partial charge in [-0.25, -0.2) is 9.59 Å². The summed E-state index contributed by atoms with van der Waals surface area (Å²) >= 11 is 0. The Balaban J connectivity index is 1.23. The third-order valence-corrected chi connectivity index (χ3v) is 7.90. The molecule has 0 bridgehead atoms. The van der Waals surface area contributed by atoms with Crippen LogP contribution in [0.3, 0.4) is 0 Å². The SMILES string of the molecule is CCCOC(=O)N1CCN(c2ccc(C(C)(C)C(=O)N3CC[C@@]4(C3)OC(=O)c3ccccc34)cc2)CC1. The van der Waals surface area contributed by atoms with Gasteiger partial charge in [0, 0.05) is 50.4 Å². The second-order valence-electron chi connectivity index (χ2n) is 10.7. The number of amides is 2. The zero-order valence-electron chi connectivity index (χ0n) is 21.9. The molecule has 37 heavy (non-hydrogen) atoms. The van der Waals surface area contributed by atoms with Crippen molar-refractivity contribution < 1.29 is 23.9 Å². The second-order valence-corrected chi connectivity index (χ2v) is 10.7. The molecule has 2 aromatic rings. The number of ether oxygens (including phenoxy) is 2. The van der Waals surface area contributed by atoms with Crippen LogP contribution in [0.1, 0.15) is 55.1 Å². The van der Waals surface area contributed by atoms with E-state index in [1.807, 2.05) is 56.0 Å². The van der Waals surface area contributed by atoms with E-state index in [2.05, 4.69) is 17.0 Å². The van der Waals surface area contributed by atoms with Crippen LogP contribution in [0.5, 0.6) is 0 Å². The van der Waals surface area contributed by atoms with E-state index >= 15 is 0 Å². The predicted molar refractivity (Wildman–Crippen MR) is 140 cm³/mol. The van der Waals surface area contributed by atoms with Crippen LogP contribution in [0, 0.1) is 0 Å². The maximum atomic E-state index is 13.7. The first-order valence-electron chi connectivity index (χ1n) is 13.1. The Morgan fingerprint density at radius 2 is 1.68 bits per heavy atom. The number of hydrogen-bond acceptors (Lipinski definition) is 6. The normalized spacial score (nSPS) is 21.3. The number of anilines is 1. The van der Waals surface area contributed by atoms with Gasteiger partial charge in [-0.1, -0.05) is 37.3 Å². The first kappa shape index (κ1) is 25.1. The first-order chi connectivity index (χ1) is 17.7. The molecule has 0 N–H and O–H groups in total. The quantitative estimate of drug-likeness (QED) is 0.573. The number of fused-ring (bicyclic) bond motifs is 2. The van der Waals surface area contributed by atoms with Crippen LogP contribution in [-0.2, 0) is 25.3 Å². The molecule has 3 heterocycles. The highest BCUT2D eigenvalue weighted by atomic mass is 16.6. The van der Waals surface area contributed by atoms with Crippen molar-refractivity contribution in [2.45, 2.75) is 44.6 Å². The van der Waals surface area contributed by atoms with Gasteiger partial charge in [-0.3, -0.25) is 4.79 Å². The monoisotopic (exact) mass is 505 g/mol. The molecule has 8 heteroatoms. The van der Waals surface area contributed by atoms with Crippen molar-refractivity contribution in [1.29, 1.82) is 0 Å². The van der Waals surface area contributed by atoms with Gasteiger partial charge in [-0.05, 0) is 44.0 Å². The van der Waals surface area contributed by atoms with E-state index < -0.39 is 11.0 Å². The molecule has 8 nitrogen and oxygen atoms in total. The van der Waals surface area contributed by atoms with E-state index in [0.717, 1.165) is 36.3 Å². The van der Waals surface area contributed by atoms with E-state index in [0.29, 0.717) is 44.8 Å². The summed E-state index contributed by atoms with van der Waals surface area (Å²) in [7, 11) is 0. The first-order valence-corrected chi connectivity index (χ1v) is 13.1. The number of carbonyl (C=O) groups is 3. The lowest BCUT2D eigenvalue weighted by atomic mass is 9.83. The number of esters is 1. The van der Waals surface area contributed by atoms with Gasteiger partial charge in [0.05, 0.1) is 24.1 Å². The Kier molecular flexibility index (Phi) is 6.60. The van der Waals surface area contributed by atoms with Crippen LogP contribution in [0.25, 0.3) is 0 Å². The van der Waals surface area contributed by atoms with Gasteiger partial charge < -0.3 is 24.2 Å². The largest absolute Gasteiger partial charge is 0.449 e. The molecule has 196 valence electrons. The van der Waals surface area contributed by atoms with Gasteiger partial charge in [0.15, 0.2) is 5.60 Å². The molecule has 0 unspecified atom stereocenters. The molecule has 3 aliphatic heterocycles. The molecule has 0 saturated carbocycles. The zero-order chi connectivity index (χ0) is 26.2. The fourth-order valence-corrected chi connectivity index (χ4v) is 5.64. The van der Waals surface area contributed by atoms with Crippen molar-refractivity contribution in [2.24, 2.45) is 0 Å². The summed E-state index contributed by atoms with van der Waals surface area (Å²) in [5.41, 5.74) is 2.03. The fourth-order valence-electron chi connectivity index (χ4n) is 5.64. The molecule has 0 aromatic heterocycles.